The molecule has 0 aliphatic rings. The van der Waals surface area contributed by atoms with E-state index in [1.807, 2.05) is 36.4 Å². The number of nitrogens with two attached hydrogens (primary N) is 1. The van der Waals surface area contributed by atoms with Gasteiger partial charge in [0.05, 0.1) is 24.4 Å². The standard InChI is InChI=1S/C18H18N4O4/c19-16(23)11-25-9-10-26-22-18(24)13-7-5-12(6-8-13)17-14-3-1-2-4-15(14)20-21-17/h1-8H,9-11H2,(H2,19,23)(H,20,21)(H,22,24). The normalized spacial score (nSPS) is 10.8. The second-order valence-corrected chi connectivity index (χ2v) is 5.49. The fourth-order valence-electron chi connectivity index (χ4n) is 2.41. The van der Waals surface area contributed by atoms with Gasteiger partial charge >= 0.3 is 0 Å². The van der Waals surface area contributed by atoms with E-state index in [0.717, 1.165) is 22.2 Å². The van der Waals surface area contributed by atoms with Gasteiger partial charge in [-0.3, -0.25) is 19.5 Å². The third kappa shape index (κ3) is 4.24. The molecule has 2 amide bonds. The number of H-pyrrole nitrogens is 1. The van der Waals surface area contributed by atoms with E-state index in [2.05, 4.69) is 15.7 Å². The maximum atomic E-state index is 12.0. The number of fused-ring (bicyclic) bond motifs is 1. The first-order chi connectivity index (χ1) is 12.6. The second-order valence-electron chi connectivity index (χ2n) is 5.49. The Labute approximate surface area is 149 Å². The number of hydrogen-bond donors (Lipinski definition) is 3. The number of ether oxygens (including phenoxy) is 1. The number of nitrogens with zero attached hydrogens (tertiary/aromatic N) is 1. The zero-order chi connectivity index (χ0) is 18.4. The molecule has 0 saturated carbocycles. The number of rotatable bonds is 8. The van der Waals surface area contributed by atoms with Crippen LogP contribution in [0.3, 0.4) is 0 Å². The Bertz CT molecular complexity index is 905. The maximum absolute atomic E-state index is 12.0. The summed E-state index contributed by atoms with van der Waals surface area (Å²) in [6.07, 6.45) is 0. The van der Waals surface area contributed by atoms with E-state index in [4.69, 9.17) is 15.3 Å². The van der Waals surface area contributed by atoms with Crippen molar-refractivity contribution in [2.24, 2.45) is 5.73 Å². The molecule has 4 N–H and O–H groups in total. The van der Waals surface area contributed by atoms with Crippen LogP contribution in [0.1, 0.15) is 10.4 Å². The number of hydroxylamine groups is 1. The van der Waals surface area contributed by atoms with E-state index in [1.165, 1.54) is 0 Å². The molecule has 134 valence electrons. The smallest absolute Gasteiger partial charge is 0.274 e. The van der Waals surface area contributed by atoms with E-state index in [1.54, 1.807) is 12.1 Å². The van der Waals surface area contributed by atoms with Gasteiger partial charge in [-0.25, -0.2) is 5.48 Å². The number of amides is 2. The predicted molar refractivity (Wildman–Crippen MR) is 95.0 cm³/mol. The first-order valence-corrected chi connectivity index (χ1v) is 7.97. The van der Waals surface area contributed by atoms with Crippen molar-refractivity contribution in [2.75, 3.05) is 19.8 Å². The number of carbonyl (C=O) groups is 2. The van der Waals surface area contributed by atoms with Gasteiger partial charge in [-0.1, -0.05) is 30.3 Å². The molecule has 0 atom stereocenters. The second kappa shape index (κ2) is 8.24. The number of primary amides is 1. The first-order valence-electron chi connectivity index (χ1n) is 7.97. The predicted octanol–water partition coefficient (Wildman–Crippen LogP) is 1.39. The van der Waals surface area contributed by atoms with E-state index in [9.17, 15) is 9.59 Å². The molecular weight excluding hydrogens is 336 g/mol. The van der Waals surface area contributed by atoms with Gasteiger partial charge in [0.2, 0.25) is 5.91 Å². The van der Waals surface area contributed by atoms with Crippen LogP contribution >= 0.6 is 0 Å². The van der Waals surface area contributed by atoms with Crippen molar-refractivity contribution >= 4 is 22.7 Å². The highest BCUT2D eigenvalue weighted by molar-refractivity contribution is 5.96. The topological polar surface area (TPSA) is 119 Å². The van der Waals surface area contributed by atoms with E-state index < -0.39 is 5.91 Å². The highest BCUT2D eigenvalue weighted by atomic mass is 16.7. The maximum Gasteiger partial charge on any atom is 0.274 e. The molecule has 3 rings (SSSR count). The van der Waals surface area contributed by atoms with Gasteiger partial charge in [0, 0.05) is 16.5 Å². The lowest BCUT2D eigenvalue weighted by Gasteiger charge is -2.06. The Balaban J connectivity index is 1.56. The molecule has 0 fully saturated rings. The molecule has 0 aliphatic carbocycles. The largest absolute Gasteiger partial charge is 0.369 e. The Kier molecular flexibility index (Phi) is 5.57. The summed E-state index contributed by atoms with van der Waals surface area (Å²) in [6.45, 7) is 0.0748. The summed E-state index contributed by atoms with van der Waals surface area (Å²) in [5.74, 6) is -0.933. The SMILES string of the molecule is NC(=O)COCCONC(=O)c1ccc(-c2n[nH]c3ccccc23)cc1. The number of aromatic amines is 1. The van der Waals surface area contributed by atoms with Gasteiger partial charge in [0.15, 0.2) is 0 Å². The number of hydrogen-bond acceptors (Lipinski definition) is 5. The van der Waals surface area contributed by atoms with Gasteiger partial charge in [-0.2, -0.15) is 5.10 Å². The fraction of sp³-hybridized carbons (Fsp3) is 0.167. The van der Waals surface area contributed by atoms with Crippen LogP contribution in [0.15, 0.2) is 48.5 Å². The van der Waals surface area contributed by atoms with Gasteiger partial charge in [-0.05, 0) is 18.2 Å². The Hall–Kier alpha value is -3.23. The van der Waals surface area contributed by atoms with Crippen LogP contribution in [0, 0.1) is 0 Å². The molecule has 2 aromatic carbocycles. The lowest BCUT2D eigenvalue weighted by atomic mass is 10.1. The van der Waals surface area contributed by atoms with Gasteiger partial charge in [0.1, 0.15) is 6.61 Å². The summed E-state index contributed by atoms with van der Waals surface area (Å²) < 4.78 is 4.91. The number of benzene rings is 2. The molecule has 8 heteroatoms. The molecule has 1 heterocycles. The molecule has 3 aromatic rings. The molecule has 0 aliphatic heterocycles. The lowest BCUT2D eigenvalue weighted by Crippen LogP contribution is -2.26. The Morgan fingerprint density at radius 2 is 1.85 bits per heavy atom. The minimum Gasteiger partial charge on any atom is -0.369 e. The van der Waals surface area contributed by atoms with Crippen LogP contribution in [-0.4, -0.2) is 41.8 Å². The third-order valence-corrected chi connectivity index (χ3v) is 3.63. The van der Waals surface area contributed by atoms with Crippen LogP contribution < -0.4 is 11.2 Å². The van der Waals surface area contributed by atoms with Crippen molar-refractivity contribution in [3.8, 4) is 11.3 Å². The summed E-state index contributed by atoms with van der Waals surface area (Å²) in [5, 5.41) is 8.34. The molecule has 0 spiro atoms. The lowest BCUT2D eigenvalue weighted by molar-refractivity contribution is -0.123. The summed E-state index contributed by atoms with van der Waals surface area (Å²) in [6, 6.07) is 14.9. The Morgan fingerprint density at radius 1 is 1.08 bits per heavy atom. The molecular formula is C18H18N4O4. The van der Waals surface area contributed by atoms with Crippen molar-refractivity contribution in [3.05, 3.63) is 54.1 Å². The molecule has 1 aromatic heterocycles. The van der Waals surface area contributed by atoms with E-state index in [0.29, 0.717) is 5.56 Å². The molecule has 0 saturated heterocycles. The Morgan fingerprint density at radius 3 is 2.62 bits per heavy atom. The first kappa shape index (κ1) is 17.6. The molecule has 8 nitrogen and oxygen atoms in total. The third-order valence-electron chi connectivity index (χ3n) is 3.63. The average molecular weight is 354 g/mol. The van der Waals surface area contributed by atoms with Crippen LogP contribution in [0.5, 0.6) is 0 Å². The summed E-state index contributed by atoms with van der Waals surface area (Å²) in [4.78, 5) is 27.5. The zero-order valence-corrected chi connectivity index (χ0v) is 13.9. The highest BCUT2D eigenvalue weighted by Crippen LogP contribution is 2.26. The summed E-state index contributed by atoms with van der Waals surface area (Å²) in [5.41, 5.74) is 10.4. The molecule has 26 heavy (non-hydrogen) atoms. The highest BCUT2D eigenvalue weighted by Gasteiger charge is 2.10. The molecule has 0 bridgehead atoms. The number of carbonyl (C=O) groups excluding carboxylic acids is 2. The van der Waals surface area contributed by atoms with Crippen LogP contribution in [0.2, 0.25) is 0 Å². The van der Waals surface area contributed by atoms with Crippen molar-refractivity contribution in [2.45, 2.75) is 0 Å². The quantitative estimate of drug-likeness (QED) is 0.417. The van der Waals surface area contributed by atoms with Gasteiger partial charge in [-0.15, -0.1) is 0 Å². The minimum absolute atomic E-state index is 0.108. The minimum atomic E-state index is -0.557. The summed E-state index contributed by atoms with van der Waals surface area (Å²) in [7, 11) is 0. The van der Waals surface area contributed by atoms with Crippen LogP contribution in [0.25, 0.3) is 22.2 Å². The molecule has 0 unspecified atom stereocenters. The monoisotopic (exact) mass is 354 g/mol. The fourth-order valence-corrected chi connectivity index (χ4v) is 2.41. The average Bonchev–Trinajstić information content (AvgIpc) is 3.08. The van der Waals surface area contributed by atoms with Crippen molar-refractivity contribution in [3.63, 3.8) is 0 Å². The van der Waals surface area contributed by atoms with Crippen LogP contribution in [0.4, 0.5) is 0 Å². The van der Waals surface area contributed by atoms with Crippen LogP contribution in [-0.2, 0) is 14.4 Å². The van der Waals surface area contributed by atoms with Gasteiger partial charge in [0.25, 0.3) is 5.91 Å². The number of nitrogens with one attached hydrogen (secondary N) is 2. The number of aromatic nitrogens is 2. The van der Waals surface area contributed by atoms with Gasteiger partial charge < -0.3 is 10.5 Å². The van der Waals surface area contributed by atoms with Crippen molar-refractivity contribution in [1.29, 1.82) is 0 Å². The number of para-hydroxylation sites is 1. The van der Waals surface area contributed by atoms with Crippen molar-refractivity contribution in [1.82, 2.24) is 15.7 Å². The van der Waals surface area contributed by atoms with E-state index >= 15 is 0 Å². The van der Waals surface area contributed by atoms with E-state index in [-0.39, 0.29) is 25.7 Å². The zero-order valence-electron chi connectivity index (χ0n) is 13.9. The van der Waals surface area contributed by atoms with Crippen molar-refractivity contribution < 1.29 is 19.2 Å². The summed E-state index contributed by atoms with van der Waals surface area (Å²) >= 11 is 0. The molecule has 0 radical (unpaired) electrons.